The molecule has 0 aliphatic heterocycles. The number of pyridine rings is 2. The van der Waals surface area contributed by atoms with E-state index in [1.165, 1.54) is 0 Å². The lowest BCUT2D eigenvalue weighted by molar-refractivity contribution is -0.671. The van der Waals surface area contributed by atoms with Crippen LogP contribution in [-0.4, -0.2) is 9.97 Å². The van der Waals surface area contributed by atoms with Crippen LogP contribution in [0.3, 0.4) is 0 Å². The normalized spacial score (nSPS) is 11.2. The Hall–Kier alpha value is -2.18. The number of hydrogen-bond acceptors (Lipinski definition) is 4. The van der Waals surface area contributed by atoms with Crippen LogP contribution in [-0.2, 0) is 14.1 Å². The molecule has 0 aliphatic rings. The Labute approximate surface area is 136 Å². The third-order valence-corrected chi connectivity index (χ3v) is 5.55. The number of nitrogens with zero attached hydrogens (tertiary/aromatic N) is 4. The zero-order valence-corrected chi connectivity index (χ0v) is 13.9. The topological polar surface area (TPSA) is 33.5 Å². The number of thiazole rings is 2. The molecule has 4 rings (SSSR count). The van der Waals surface area contributed by atoms with Crippen molar-refractivity contribution in [1.29, 1.82) is 0 Å². The average Bonchev–Trinajstić information content (AvgIpc) is 3.07. The van der Waals surface area contributed by atoms with Crippen LogP contribution in [0.1, 0.15) is 0 Å². The summed E-state index contributed by atoms with van der Waals surface area (Å²) in [7, 11) is 4.02. The SMILES string of the molecule is C[n+]1ccc(-c2nc3sc(-c4cc[n+](C)cc4)nc3s2)cc1. The van der Waals surface area contributed by atoms with Gasteiger partial charge in [0.15, 0.2) is 34.4 Å². The quantitative estimate of drug-likeness (QED) is 0.531. The van der Waals surface area contributed by atoms with Crippen LogP contribution >= 0.6 is 22.7 Å². The van der Waals surface area contributed by atoms with Crippen molar-refractivity contribution in [3.05, 3.63) is 49.1 Å². The standard InChI is InChI=1S/C16H14N4S2/c1-19-7-3-11(4-8-19)13-17-15-16(21-13)18-14(22-15)12-5-9-20(2)10-6-12/h3-10H,1-2H3/q+2. The van der Waals surface area contributed by atoms with E-state index in [0.29, 0.717) is 0 Å². The van der Waals surface area contributed by atoms with E-state index in [1.807, 2.05) is 48.0 Å². The predicted molar refractivity (Wildman–Crippen MR) is 88.5 cm³/mol. The van der Waals surface area contributed by atoms with E-state index in [4.69, 9.17) is 9.97 Å². The fraction of sp³-hybridized carbons (Fsp3) is 0.125. The molecule has 0 bridgehead atoms. The van der Waals surface area contributed by atoms with Crippen LogP contribution in [0.5, 0.6) is 0 Å². The van der Waals surface area contributed by atoms with Crippen molar-refractivity contribution in [2.75, 3.05) is 0 Å². The van der Waals surface area contributed by atoms with Gasteiger partial charge in [-0.15, -0.1) is 0 Å². The van der Waals surface area contributed by atoms with E-state index in [-0.39, 0.29) is 0 Å². The van der Waals surface area contributed by atoms with E-state index >= 15 is 0 Å². The van der Waals surface area contributed by atoms with Gasteiger partial charge in [0.2, 0.25) is 0 Å². The molecular weight excluding hydrogens is 312 g/mol. The summed E-state index contributed by atoms with van der Waals surface area (Å²) in [5, 5.41) is 2.06. The number of rotatable bonds is 2. The average molecular weight is 326 g/mol. The maximum atomic E-state index is 4.74. The van der Waals surface area contributed by atoms with Gasteiger partial charge in [-0.2, -0.15) is 0 Å². The predicted octanol–water partition coefficient (Wildman–Crippen LogP) is 2.74. The minimum absolute atomic E-state index is 1.01. The molecule has 0 radical (unpaired) electrons. The van der Waals surface area contributed by atoms with Crippen molar-refractivity contribution in [2.45, 2.75) is 0 Å². The summed E-state index contributed by atoms with van der Waals surface area (Å²) >= 11 is 3.30. The molecule has 0 saturated carbocycles. The van der Waals surface area contributed by atoms with Gasteiger partial charge in [-0.25, -0.2) is 19.1 Å². The molecule has 22 heavy (non-hydrogen) atoms. The van der Waals surface area contributed by atoms with E-state index < -0.39 is 0 Å². The van der Waals surface area contributed by atoms with E-state index in [9.17, 15) is 0 Å². The Bertz CT molecular complexity index is 830. The van der Waals surface area contributed by atoms with Gasteiger partial charge in [0.05, 0.1) is 0 Å². The highest BCUT2D eigenvalue weighted by atomic mass is 32.1. The van der Waals surface area contributed by atoms with Crippen LogP contribution < -0.4 is 9.13 Å². The van der Waals surface area contributed by atoms with Crippen LogP contribution in [0.4, 0.5) is 0 Å². The fourth-order valence-electron chi connectivity index (χ4n) is 2.18. The molecule has 0 N–H and O–H groups in total. The summed E-state index contributed by atoms with van der Waals surface area (Å²) in [6.45, 7) is 0. The highest BCUT2D eigenvalue weighted by Gasteiger charge is 2.14. The maximum Gasteiger partial charge on any atom is 0.169 e. The van der Waals surface area contributed by atoms with E-state index in [1.54, 1.807) is 22.7 Å². The summed E-state index contributed by atoms with van der Waals surface area (Å²) in [5.74, 6) is 0. The van der Waals surface area contributed by atoms with Crippen LogP contribution in [0, 0.1) is 0 Å². The zero-order chi connectivity index (χ0) is 15.1. The lowest BCUT2D eigenvalue weighted by Crippen LogP contribution is -2.25. The smallest absolute Gasteiger partial charge is 0.169 e. The molecule has 0 fully saturated rings. The summed E-state index contributed by atoms with van der Waals surface area (Å²) in [5.41, 5.74) is 2.28. The third-order valence-electron chi connectivity index (χ3n) is 3.43. The first-order valence-electron chi connectivity index (χ1n) is 6.88. The first-order chi connectivity index (χ1) is 10.7. The van der Waals surface area contributed by atoms with Gasteiger partial charge >= 0.3 is 0 Å². The molecule has 0 aromatic carbocycles. The second kappa shape index (κ2) is 5.23. The van der Waals surface area contributed by atoms with Gasteiger partial charge in [0, 0.05) is 35.4 Å². The Morgan fingerprint density at radius 1 is 0.682 bits per heavy atom. The largest absolute Gasteiger partial charge is 0.223 e. The van der Waals surface area contributed by atoms with Crippen molar-refractivity contribution in [3.8, 4) is 21.1 Å². The molecule has 0 amide bonds. The van der Waals surface area contributed by atoms with Gasteiger partial charge in [0.1, 0.15) is 24.1 Å². The first-order valence-corrected chi connectivity index (χ1v) is 8.51. The van der Waals surface area contributed by atoms with Crippen molar-refractivity contribution < 1.29 is 9.13 Å². The lowest BCUT2D eigenvalue weighted by atomic mass is 10.3. The highest BCUT2D eigenvalue weighted by molar-refractivity contribution is 7.29. The van der Waals surface area contributed by atoms with Gasteiger partial charge in [-0.3, -0.25) is 0 Å². The van der Waals surface area contributed by atoms with Crippen molar-refractivity contribution in [3.63, 3.8) is 0 Å². The molecule has 4 nitrogen and oxygen atoms in total. The Morgan fingerprint density at radius 3 is 1.41 bits per heavy atom. The molecule has 4 heterocycles. The minimum Gasteiger partial charge on any atom is -0.223 e. The van der Waals surface area contributed by atoms with Crippen LogP contribution in [0.15, 0.2) is 49.1 Å². The Balaban J connectivity index is 1.73. The molecule has 4 aromatic rings. The molecular formula is C16H14N4S2+2. The molecule has 0 saturated heterocycles. The van der Waals surface area contributed by atoms with E-state index in [2.05, 4.69) is 24.3 Å². The Kier molecular flexibility index (Phi) is 3.20. The monoisotopic (exact) mass is 326 g/mol. The summed E-state index contributed by atoms with van der Waals surface area (Å²) in [6, 6.07) is 8.34. The van der Waals surface area contributed by atoms with Crippen molar-refractivity contribution in [2.24, 2.45) is 14.1 Å². The minimum atomic E-state index is 1.01. The van der Waals surface area contributed by atoms with Crippen molar-refractivity contribution in [1.82, 2.24) is 9.97 Å². The lowest BCUT2D eigenvalue weighted by Gasteiger charge is -1.94. The molecule has 0 aliphatic carbocycles. The molecule has 0 atom stereocenters. The van der Waals surface area contributed by atoms with Gasteiger partial charge in [-0.05, 0) is 0 Å². The van der Waals surface area contributed by atoms with Gasteiger partial charge < -0.3 is 0 Å². The Morgan fingerprint density at radius 2 is 1.05 bits per heavy atom. The molecule has 0 spiro atoms. The first kappa shape index (κ1) is 13.5. The zero-order valence-electron chi connectivity index (χ0n) is 12.2. The summed E-state index contributed by atoms with van der Waals surface area (Å²) in [6.07, 6.45) is 8.14. The third kappa shape index (κ3) is 2.40. The number of fused-ring (bicyclic) bond motifs is 1. The number of hydrogen-bond donors (Lipinski definition) is 0. The molecule has 6 heteroatoms. The maximum absolute atomic E-state index is 4.74. The molecule has 0 unspecified atom stereocenters. The van der Waals surface area contributed by atoms with Crippen molar-refractivity contribution >= 4 is 32.3 Å². The van der Waals surface area contributed by atoms with Crippen LogP contribution in [0.25, 0.3) is 30.8 Å². The summed E-state index contributed by atoms with van der Waals surface area (Å²) < 4.78 is 4.04. The van der Waals surface area contributed by atoms with Gasteiger partial charge in [0.25, 0.3) is 0 Å². The van der Waals surface area contributed by atoms with Gasteiger partial charge in [-0.1, -0.05) is 22.7 Å². The second-order valence-electron chi connectivity index (χ2n) is 5.15. The fourth-order valence-corrected chi connectivity index (χ4v) is 4.23. The van der Waals surface area contributed by atoms with E-state index in [0.717, 1.165) is 30.8 Å². The van der Waals surface area contributed by atoms with Crippen LogP contribution in [0.2, 0.25) is 0 Å². The number of aromatic nitrogens is 4. The number of aryl methyl sites for hydroxylation is 2. The molecule has 108 valence electrons. The summed E-state index contributed by atoms with van der Waals surface area (Å²) in [4.78, 5) is 11.5. The molecule has 4 aromatic heterocycles. The highest BCUT2D eigenvalue weighted by Crippen LogP contribution is 2.35. The second-order valence-corrected chi connectivity index (χ2v) is 7.11.